The molecular formula is C20H19NO7S. The number of Topliss-reactive ketones (excluding diaryl/α,β-unsaturated/α-hetero) is 1. The maximum absolute atomic E-state index is 12.1. The van der Waals surface area contributed by atoms with Crippen molar-refractivity contribution in [1.29, 1.82) is 0 Å². The Bertz CT molecular complexity index is 1020. The van der Waals surface area contributed by atoms with Crippen LogP contribution in [-0.2, 0) is 19.6 Å². The van der Waals surface area contributed by atoms with Crippen molar-refractivity contribution < 1.29 is 32.2 Å². The summed E-state index contributed by atoms with van der Waals surface area (Å²) in [5, 5.41) is 1.02. The molecule has 0 radical (unpaired) electrons. The number of ketones is 1. The third kappa shape index (κ3) is 6.16. The van der Waals surface area contributed by atoms with Crippen LogP contribution in [0.15, 0.2) is 53.9 Å². The van der Waals surface area contributed by atoms with E-state index in [0.717, 1.165) is 11.0 Å². The number of carbonyl (C=O) groups excluding carboxylic acids is 2. The molecule has 0 fully saturated rings. The Morgan fingerprint density at radius 1 is 1.07 bits per heavy atom. The number of nitrogens with one attached hydrogen (secondary N) is 1. The van der Waals surface area contributed by atoms with Crippen molar-refractivity contribution in [3.63, 3.8) is 0 Å². The molecule has 0 amide bonds. The van der Waals surface area contributed by atoms with Gasteiger partial charge in [0.15, 0.2) is 23.9 Å². The molecule has 1 aliphatic rings. The fourth-order valence-corrected chi connectivity index (χ4v) is 3.27. The van der Waals surface area contributed by atoms with Crippen LogP contribution in [-0.4, -0.2) is 40.1 Å². The number of rotatable bonds is 9. The standard InChI is InChI=1S/C20H19NO7S/c22-17(16-6-7-18-19(12-16)28-14-27-18)13-26-20(23)8-10-21-29(24,25)11-9-15-4-2-1-3-5-15/h1-7,9,11-12,21H,8,10,13-14H2/b11-9+. The first kappa shape index (κ1) is 20.6. The minimum atomic E-state index is -3.69. The van der Waals surface area contributed by atoms with Gasteiger partial charge in [-0.25, -0.2) is 13.1 Å². The summed E-state index contributed by atoms with van der Waals surface area (Å²) in [6.07, 6.45) is 1.25. The molecule has 152 valence electrons. The van der Waals surface area contributed by atoms with E-state index < -0.39 is 28.4 Å². The van der Waals surface area contributed by atoms with Gasteiger partial charge in [-0.15, -0.1) is 0 Å². The summed E-state index contributed by atoms with van der Waals surface area (Å²) in [6, 6.07) is 13.6. The number of sulfonamides is 1. The van der Waals surface area contributed by atoms with Gasteiger partial charge in [-0.05, 0) is 29.8 Å². The molecule has 1 N–H and O–H groups in total. The predicted molar refractivity (Wildman–Crippen MR) is 105 cm³/mol. The van der Waals surface area contributed by atoms with Crippen molar-refractivity contribution in [3.05, 3.63) is 65.1 Å². The number of fused-ring (bicyclic) bond motifs is 1. The summed E-state index contributed by atoms with van der Waals surface area (Å²) in [4.78, 5) is 23.9. The fraction of sp³-hybridized carbons (Fsp3) is 0.200. The molecule has 29 heavy (non-hydrogen) atoms. The quantitative estimate of drug-likeness (QED) is 0.492. The van der Waals surface area contributed by atoms with Gasteiger partial charge >= 0.3 is 5.97 Å². The Labute approximate surface area is 168 Å². The number of hydrogen-bond acceptors (Lipinski definition) is 7. The third-order valence-corrected chi connectivity index (χ3v) is 5.03. The summed E-state index contributed by atoms with van der Waals surface area (Å²) < 4.78 is 41.4. The Balaban J connectivity index is 1.40. The predicted octanol–water partition coefficient (Wildman–Crippen LogP) is 2.12. The smallest absolute Gasteiger partial charge is 0.307 e. The second-order valence-electron chi connectivity index (χ2n) is 6.05. The van der Waals surface area contributed by atoms with E-state index in [0.29, 0.717) is 17.1 Å². The van der Waals surface area contributed by atoms with E-state index in [-0.39, 0.29) is 19.8 Å². The highest BCUT2D eigenvalue weighted by Crippen LogP contribution is 2.32. The summed E-state index contributed by atoms with van der Waals surface area (Å²) in [5.41, 5.74) is 1.06. The monoisotopic (exact) mass is 417 g/mol. The first-order chi connectivity index (χ1) is 13.9. The molecular weight excluding hydrogens is 398 g/mol. The zero-order valence-corrected chi connectivity index (χ0v) is 16.2. The highest BCUT2D eigenvalue weighted by molar-refractivity contribution is 7.92. The number of hydrogen-bond donors (Lipinski definition) is 1. The summed E-state index contributed by atoms with van der Waals surface area (Å²) in [7, 11) is -3.69. The van der Waals surface area contributed by atoms with Crippen LogP contribution in [0.4, 0.5) is 0 Å². The molecule has 0 saturated carbocycles. The molecule has 1 aliphatic heterocycles. The molecule has 3 rings (SSSR count). The van der Waals surface area contributed by atoms with Crippen LogP contribution in [0.25, 0.3) is 6.08 Å². The highest BCUT2D eigenvalue weighted by atomic mass is 32.2. The number of ether oxygens (including phenoxy) is 3. The van der Waals surface area contributed by atoms with E-state index in [1.807, 2.05) is 6.07 Å². The third-order valence-electron chi connectivity index (χ3n) is 3.93. The van der Waals surface area contributed by atoms with Crippen LogP contribution >= 0.6 is 0 Å². The van der Waals surface area contributed by atoms with Crippen LogP contribution in [0.1, 0.15) is 22.3 Å². The summed E-state index contributed by atoms with van der Waals surface area (Å²) >= 11 is 0. The van der Waals surface area contributed by atoms with Crippen LogP contribution in [0, 0.1) is 0 Å². The number of carbonyl (C=O) groups is 2. The molecule has 0 aliphatic carbocycles. The average molecular weight is 417 g/mol. The van der Waals surface area contributed by atoms with Crippen LogP contribution in [0.5, 0.6) is 11.5 Å². The topological polar surface area (TPSA) is 108 Å². The Morgan fingerprint density at radius 3 is 2.62 bits per heavy atom. The Kier molecular flexibility index (Phi) is 6.63. The zero-order chi connectivity index (χ0) is 20.7. The largest absolute Gasteiger partial charge is 0.457 e. The molecule has 8 nitrogen and oxygen atoms in total. The maximum atomic E-state index is 12.1. The van der Waals surface area contributed by atoms with Gasteiger partial charge in [-0.1, -0.05) is 30.3 Å². The van der Waals surface area contributed by atoms with Gasteiger partial charge < -0.3 is 14.2 Å². The lowest BCUT2D eigenvalue weighted by atomic mass is 10.1. The van der Waals surface area contributed by atoms with Gasteiger partial charge in [-0.2, -0.15) is 0 Å². The van der Waals surface area contributed by atoms with Crippen molar-refractivity contribution in [2.45, 2.75) is 6.42 Å². The van der Waals surface area contributed by atoms with Gasteiger partial charge in [0.05, 0.1) is 6.42 Å². The lowest BCUT2D eigenvalue weighted by Gasteiger charge is -2.06. The minimum absolute atomic E-state index is 0.0956. The molecule has 1 heterocycles. The van der Waals surface area contributed by atoms with Gasteiger partial charge in [0.1, 0.15) is 0 Å². The lowest BCUT2D eigenvalue weighted by molar-refractivity contribution is -0.142. The van der Waals surface area contributed by atoms with E-state index in [1.165, 1.54) is 12.1 Å². The van der Waals surface area contributed by atoms with Crippen LogP contribution < -0.4 is 14.2 Å². The van der Waals surface area contributed by atoms with Crippen molar-refractivity contribution in [2.24, 2.45) is 0 Å². The fourth-order valence-electron chi connectivity index (χ4n) is 2.45. The van der Waals surface area contributed by atoms with Crippen molar-refractivity contribution in [3.8, 4) is 11.5 Å². The van der Waals surface area contributed by atoms with E-state index in [1.54, 1.807) is 36.4 Å². The van der Waals surface area contributed by atoms with Crippen LogP contribution in [0.3, 0.4) is 0 Å². The maximum Gasteiger partial charge on any atom is 0.307 e. The Hall–Kier alpha value is -3.17. The van der Waals surface area contributed by atoms with Crippen molar-refractivity contribution >= 4 is 27.9 Å². The molecule has 9 heteroatoms. The molecule has 0 saturated heterocycles. The van der Waals surface area contributed by atoms with E-state index in [2.05, 4.69) is 4.72 Å². The average Bonchev–Trinajstić information content (AvgIpc) is 3.19. The molecule has 2 aromatic rings. The van der Waals surface area contributed by atoms with E-state index in [9.17, 15) is 18.0 Å². The minimum Gasteiger partial charge on any atom is -0.457 e. The van der Waals surface area contributed by atoms with Gasteiger partial charge in [0.25, 0.3) is 0 Å². The molecule has 0 aromatic heterocycles. The first-order valence-electron chi connectivity index (χ1n) is 8.74. The van der Waals surface area contributed by atoms with Crippen molar-refractivity contribution in [2.75, 3.05) is 19.9 Å². The van der Waals surface area contributed by atoms with Gasteiger partial charge in [0.2, 0.25) is 16.8 Å². The van der Waals surface area contributed by atoms with E-state index >= 15 is 0 Å². The normalized spacial score (nSPS) is 12.8. The van der Waals surface area contributed by atoms with Gasteiger partial charge in [-0.3, -0.25) is 9.59 Å². The van der Waals surface area contributed by atoms with Gasteiger partial charge in [0, 0.05) is 17.5 Å². The first-order valence-corrected chi connectivity index (χ1v) is 10.3. The highest BCUT2D eigenvalue weighted by Gasteiger charge is 2.17. The second-order valence-corrected chi connectivity index (χ2v) is 7.71. The van der Waals surface area contributed by atoms with E-state index in [4.69, 9.17) is 14.2 Å². The second kappa shape index (κ2) is 9.35. The molecule has 0 unspecified atom stereocenters. The molecule has 0 bridgehead atoms. The molecule has 0 spiro atoms. The molecule has 2 aromatic carbocycles. The zero-order valence-electron chi connectivity index (χ0n) is 15.4. The number of benzene rings is 2. The van der Waals surface area contributed by atoms with Crippen molar-refractivity contribution in [1.82, 2.24) is 4.72 Å². The van der Waals surface area contributed by atoms with Crippen LogP contribution in [0.2, 0.25) is 0 Å². The Morgan fingerprint density at radius 2 is 1.83 bits per heavy atom. The SMILES string of the molecule is O=C(CCNS(=O)(=O)/C=C/c1ccccc1)OCC(=O)c1ccc2c(c1)OCO2. The number of esters is 1. The summed E-state index contributed by atoms with van der Waals surface area (Å²) in [6.45, 7) is -0.490. The lowest BCUT2D eigenvalue weighted by Crippen LogP contribution is -2.25. The summed E-state index contributed by atoms with van der Waals surface area (Å²) in [5.74, 6) is -0.0795. The molecule has 0 atom stereocenters.